The van der Waals surface area contributed by atoms with Crippen LogP contribution in [-0.2, 0) is 11.3 Å². The molecule has 0 aliphatic carbocycles. The van der Waals surface area contributed by atoms with Crippen molar-refractivity contribution in [2.45, 2.75) is 13.5 Å². The van der Waals surface area contributed by atoms with Gasteiger partial charge in [-0.25, -0.2) is 9.78 Å². The molecule has 0 saturated heterocycles. The SMILES string of the molecule is COC(=O)c1ccccc1COc1cccn2c(Cl)c(C)nc12. The highest BCUT2D eigenvalue weighted by atomic mass is 35.5. The zero-order valence-electron chi connectivity index (χ0n) is 12.7. The van der Waals surface area contributed by atoms with Crippen molar-refractivity contribution in [3.63, 3.8) is 0 Å². The van der Waals surface area contributed by atoms with Gasteiger partial charge in [0.05, 0.1) is 18.4 Å². The minimum Gasteiger partial charge on any atom is -0.485 e. The quantitative estimate of drug-likeness (QED) is 0.685. The van der Waals surface area contributed by atoms with Gasteiger partial charge in [-0.05, 0) is 25.1 Å². The molecule has 0 aliphatic rings. The molecular formula is C17H15ClN2O3. The van der Waals surface area contributed by atoms with Crippen LogP contribution in [0.4, 0.5) is 0 Å². The van der Waals surface area contributed by atoms with Gasteiger partial charge in [0.2, 0.25) is 0 Å². The third kappa shape index (κ3) is 2.87. The minimum atomic E-state index is -0.387. The van der Waals surface area contributed by atoms with E-state index < -0.39 is 0 Å². The van der Waals surface area contributed by atoms with Crippen LogP contribution in [0.25, 0.3) is 5.65 Å². The second-order valence-electron chi connectivity index (χ2n) is 4.99. The first-order valence-corrected chi connectivity index (χ1v) is 7.42. The van der Waals surface area contributed by atoms with Crippen LogP contribution in [-0.4, -0.2) is 22.5 Å². The number of methoxy groups -OCH3 is 1. The Morgan fingerprint density at radius 1 is 1.26 bits per heavy atom. The maximum Gasteiger partial charge on any atom is 0.338 e. The third-order valence-electron chi connectivity index (χ3n) is 3.52. The van der Waals surface area contributed by atoms with Gasteiger partial charge >= 0.3 is 5.97 Å². The number of imidazole rings is 1. The Labute approximate surface area is 138 Å². The van der Waals surface area contributed by atoms with Crippen molar-refractivity contribution in [2.75, 3.05) is 7.11 Å². The summed E-state index contributed by atoms with van der Waals surface area (Å²) in [5, 5.41) is 0.556. The Kier molecular flexibility index (Phi) is 4.21. The monoisotopic (exact) mass is 330 g/mol. The predicted molar refractivity (Wildman–Crippen MR) is 87.1 cm³/mol. The van der Waals surface area contributed by atoms with Gasteiger partial charge in [-0.2, -0.15) is 0 Å². The summed E-state index contributed by atoms with van der Waals surface area (Å²) < 4.78 is 12.4. The molecule has 0 spiro atoms. The van der Waals surface area contributed by atoms with Crippen molar-refractivity contribution < 1.29 is 14.3 Å². The molecule has 1 aromatic carbocycles. The third-order valence-corrected chi connectivity index (χ3v) is 3.98. The Bertz CT molecular complexity index is 873. The minimum absolute atomic E-state index is 0.231. The molecule has 0 aliphatic heterocycles. The molecule has 118 valence electrons. The van der Waals surface area contributed by atoms with Crippen LogP contribution in [0.3, 0.4) is 0 Å². The van der Waals surface area contributed by atoms with Gasteiger partial charge in [0.25, 0.3) is 0 Å². The zero-order valence-corrected chi connectivity index (χ0v) is 13.5. The Morgan fingerprint density at radius 2 is 2.04 bits per heavy atom. The van der Waals surface area contributed by atoms with Crippen molar-refractivity contribution in [1.29, 1.82) is 0 Å². The largest absolute Gasteiger partial charge is 0.485 e. The summed E-state index contributed by atoms with van der Waals surface area (Å²) in [6, 6.07) is 10.8. The maximum atomic E-state index is 11.8. The van der Waals surface area contributed by atoms with Gasteiger partial charge in [0, 0.05) is 11.8 Å². The number of ether oxygens (including phenoxy) is 2. The lowest BCUT2D eigenvalue weighted by Gasteiger charge is -2.10. The zero-order chi connectivity index (χ0) is 16.4. The van der Waals surface area contributed by atoms with E-state index in [0.29, 0.717) is 22.1 Å². The molecule has 0 saturated carbocycles. The van der Waals surface area contributed by atoms with Crippen LogP contribution in [0.1, 0.15) is 21.6 Å². The van der Waals surface area contributed by atoms with Crippen molar-refractivity contribution in [3.8, 4) is 5.75 Å². The number of esters is 1. The summed E-state index contributed by atoms with van der Waals surface area (Å²) in [6.45, 7) is 2.07. The summed E-state index contributed by atoms with van der Waals surface area (Å²) in [5.41, 5.74) is 2.61. The van der Waals surface area contributed by atoms with Crippen LogP contribution in [0.2, 0.25) is 5.15 Å². The highest BCUT2D eigenvalue weighted by Gasteiger charge is 2.14. The number of hydrogen-bond acceptors (Lipinski definition) is 4. The molecule has 2 heterocycles. The smallest absolute Gasteiger partial charge is 0.338 e. The van der Waals surface area contributed by atoms with E-state index in [1.54, 1.807) is 16.5 Å². The number of aromatic nitrogens is 2. The van der Waals surface area contributed by atoms with E-state index >= 15 is 0 Å². The van der Waals surface area contributed by atoms with Crippen LogP contribution < -0.4 is 4.74 Å². The summed E-state index contributed by atoms with van der Waals surface area (Å²) >= 11 is 6.20. The summed E-state index contributed by atoms with van der Waals surface area (Å²) in [6.07, 6.45) is 1.83. The second-order valence-corrected chi connectivity index (χ2v) is 5.35. The number of hydrogen-bond donors (Lipinski definition) is 0. The summed E-state index contributed by atoms with van der Waals surface area (Å²) in [4.78, 5) is 16.2. The number of benzene rings is 1. The van der Waals surface area contributed by atoms with E-state index in [1.165, 1.54) is 7.11 Å². The van der Waals surface area contributed by atoms with Crippen molar-refractivity contribution >= 4 is 23.2 Å². The van der Waals surface area contributed by atoms with Gasteiger partial charge in [-0.15, -0.1) is 0 Å². The second kappa shape index (κ2) is 6.30. The highest BCUT2D eigenvalue weighted by Crippen LogP contribution is 2.25. The first kappa shape index (κ1) is 15.4. The number of rotatable bonds is 4. The lowest BCUT2D eigenvalue weighted by atomic mass is 10.1. The number of aryl methyl sites for hydroxylation is 1. The van der Waals surface area contributed by atoms with Crippen molar-refractivity contribution in [3.05, 3.63) is 64.6 Å². The number of halogens is 1. The van der Waals surface area contributed by atoms with Gasteiger partial charge < -0.3 is 9.47 Å². The molecule has 0 N–H and O–H groups in total. The number of carbonyl (C=O) groups excluding carboxylic acids is 1. The van der Waals surface area contributed by atoms with Crippen molar-refractivity contribution in [1.82, 2.24) is 9.38 Å². The lowest BCUT2D eigenvalue weighted by molar-refractivity contribution is 0.0598. The van der Waals surface area contributed by atoms with E-state index in [4.69, 9.17) is 21.1 Å². The van der Waals surface area contributed by atoms with E-state index in [2.05, 4.69) is 4.98 Å². The molecule has 23 heavy (non-hydrogen) atoms. The Balaban J connectivity index is 1.90. The standard InChI is InChI=1S/C17H15ClN2O3/c1-11-15(18)20-9-5-8-14(16(20)19-11)23-10-12-6-3-4-7-13(12)17(21)22-2/h3-9H,10H2,1-2H3. The molecule has 0 radical (unpaired) electrons. The maximum absolute atomic E-state index is 11.8. The van der Waals surface area contributed by atoms with Crippen LogP contribution in [0.5, 0.6) is 5.75 Å². The highest BCUT2D eigenvalue weighted by molar-refractivity contribution is 6.30. The average Bonchev–Trinajstić information content (AvgIpc) is 2.88. The van der Waals surface area contributed by atoms with Gasteiger partial charge in [-0.1, -0.05) is 29.8 Å². The number of pyridine rings is 1. The fourth-order valence-electron chi connectivity index (χ4n) is 2.35. The van der Waals surface area contributed by atoms with Gasteiger partial charge in [0.15, 0.2) is 11.4 Å². The summed E-state index contributed by atoms with van der Waals surface area (Å²) in [5.74, 6) is 0.212. The molecule has 6 heteroatoms. The van der Waals surface area contributed by atoms with E-state index in [0.717, 1.165) is 11.3 Å². The van der Waals surface area contributed by atoms with Gasteiger partial charge in [0.1, 0.15) is 11.8 Å². The number of fused-ring (bicyclic) bond motifs is 1. The van der Waals surface area contributed by atoms with E-state index in [-0.39, 0.29) is 12.6 Å². The van der Waals surface area contributed by atoms with Crippen LogP contribution in [0.15, 0.2) is 42.6 Å². The van der Waals surface area contributed by atoms with Crippen LogP contribution >= 0.6 is 11.6 Å². The summed E-state index contributed by atoms with van der Waals surface area (Å²) in [7, 11) is 1.36. The molecule has 0 unspecified atom stereocenters. The van der Waals surface area contributed by atoms with E-state index in [9.17, 15) is 4.79 Å². The Hall–Kier alpha value is -2.53. The molecule has 3 rings (SSSR count). The normalized spacial score (nSPS) is 10.7. The topological polar surface area (TPSA) is 52.8 Å². The van der Waals surface area contributed by atoms with Crippen molar-refractivity contribution in [2.24, 2.45) is 0 Å². The fraction of sp³-hybridized carbons (Fsp3) is 0.176. The van der Waals surface area contributed by atoms with Crippen LogP contribution in [0, 0.1) is 6.92 Å². The average molecular weight is 331 g/mol. The first-order valence-electron chi connectivity index (χ1n) is 7.04. The first-order chi connectivity index (χ1) is 11.1. The molecule has 5 nitrogen and oxygen atoms in total. The predicted octanol–water partition coefficient (Wildman–Crippen LogP) is 3.66. The molecular weight excluding hydrogens is 316 g/mol. The number of carbonyl (C=O) groups is 1. The molecule has 0 bridgehead atoms. The molecule has 2 aromatic heterocycles. The van der Waals surface area contributed by atoms with Gasteiger partial charge in [-0.3, -0.25) is 4.40 Å². The molecule has 0 atom stereocenters. The Morgan fingerprint density at radius 3 is 2.83 bits per heavy atom. The molecule has 3 aromatic rings. The van der Waals surface area contributed by atoms with E-state index in [1.807, 2.05) is 37.4 Å². The fourth-order valence-corrected chi connectivity index (χ4v) is 2.53. The molecule has 0 amide bonds. The number of nitrogens with zero attached hydrogens (tertiary/aromatic N) is 2. The molecule has 0 fully saturated rings. The lowest BCUT2D eigenvalue weighted by Crippen LogP contribution is -2.08.